The molecule has 30 heavy (non-hydrogen) atoms. The minimum absolute atomic E-state index is 0. The molecule has 1 N–H and O–H groups in total. The minimum atomic E-state index is -0.153. The van der Waals surface area contributed by atoms with Gasteiger partial charge >= 0.3 is 5.97 Å². The molecule has 0 saturated carbocycles. The number of hydrogen-bond acceptors (Lipinski definition) is 5. The molecule has 0 amide bonds. The van der Waals surface area contributed by atoms with Crippen LogP contribution < -0.4 is 5.32 Å². The lowest BCUT2D eigenvalue weighted by molar-refractivity contribution is -0.145. The van der Waals surface area contributed by atoms with Gasteiger partial charge in [0, 0.05) is 31.5 Å². The first-order valence-corrected chi connectivity index (χ1v) is 10.0. The third kappa shape index (κ3) is 5.50. The topological polar surface area (TPSA) is 84.6 Å². The molecule has 8 nitrogen and oxygen atoms in total. The fraction of sp³-hybridized carbons (Fsp3) is 0.524. The van der Waals surface area contributed by atoms with Crippen LogP contribution in [0.25, 0.3) is 5.82 Å². The Labute approximate surface area is 195 Å². The summed E-state index contributed by atoms with van der Waals surface area (Å²) in [5.74, 6) is 1.57. The molecule has 2 aromatic rings. The maximum atomic E-state index is 12.0. The largest absolute Gasteiger partial charge is 0.469 e. The van der Waals surface area contributed by atoms with Crippen LogP contribution in [0.2, 0.25) is 0 Å². The number of carbonyl (C=O) groups excluding carboxylic acids is 1. The molecule has 0 spiro atoms. The zero-order valence-corrected chi connectivity index (χ0v) is 20.6. The van der Waals surface area contributed by atoms with Gasteiger partial charge in [0.25, 0.3) is 0 Å². The number of pyridine rings is 1. The molecular formula is C21H31IN6O2. The molecule has 0 aromatic carbocycles. The van der Waals surface area contributed by atoms with E-state index in [2.05, 4.69) is 27.2 Å². The first-order chi connectivity index (χ1) is 13.9. The van der Waals surface area contributed by atoms with Crippen LogP contribution >= 0.6 is 24.0 Å². The maximum Gasteiger partial charge on any atom is 0.310 e. The summed E-state index contributed by atoms with van der Waals surface area (Å²) in [6.45, 7) is 10.8. The minimum Gasteiger partial charge on any atom is -0.469 e. The molecule has 0 aliphatic carbocycles. The lowest BCUT2D eigenvalue weighted by atomic mass is 9.99. The number of ether oxygens (including phenoxy) is 1. The summed E-state index contributed by atoms with van der Waals surface area (Å²) in [4.78, 5) is 23.4. The highest BCUT2D eigenvalue weighted by molar-refractivity contribution is 14.0. The second kappa shape index (κ2) is 10.7. The molecule has 2 aromatic heterocycles. The maximum absolute atomic E-state index is 12.0. The Hall–Kier alpha value is -2.17. The molecular weight excluding hydrogens is 495 g/mol. The number of esters is 1. The fourth-order valence-electron chi connectivity index (χ4n) is 3.69. The molecule has 9 heteroatoms. The molecule has 0 radical (unpaired) electrons. The van der Waals surface area contributed by atoms with Gasteiger partial charge in [0.05, 0.1) is 25.3 Å². The Kier molecular flexibility index (Phi) is 8.63. The lowest BCUT2D eigenvalue weighted by Crippen LogP contribution is -2.40. The van der Waals surface area contributed by atoms with Crippen molar-refractivity contribution in [1.29, 1.82) is 0 Å². The number of nitrogens with one attached hydrogen (secondary N) is 1. The van der Waals surface area contributed by atoms with E-state index in [0.29, 0.717) is 13.1 Å². The number of halogens is 1. The number of aliphatic imine (C=N–C) groups is 1. The molecule has 1 aliphatic rings. The van der Waals surface area contributed by atoms with Crippen molar-refractivity contribution in [3.63, 3.8) is 0 Å². The van der Waals surface area contributed by atoms with Crippen molar-refractivity contribution in [1.82, 2.24) is 25.0 Å². The van der Waals surface area contributed by atoms with Gasteiger partial charge in [0.2, 0.25) is 0 Å². The summed E-state index contributed by atoms with van der Waals surface area (Å²) < 4.78 is 6.78. The standard InChI is InChI=1S/C21H30N6O2.HI/c1-6-22-21(26-12-14(2)18(13-26)20(28)29-5)24-11-17-7-8-19(23-10-17)27-16(4)9-15(3)25-27;/h7-10,14,18H,6,11-13H2,1-5H3,(H,22,24);1H. The van der Waals surface area contributed by atoms with E-state index in [-0.39, 0.29) is 41.8 Å². The summed E-state index contributed by atoms with van der Waals surface area (Å²) >= 11 is 0. The van der Waals surface area contributed by atoms with Crippen molar-refractivity contribution in [2.24, 2.45) is 16.8 Å². The van der Waals surface area contributed by atoms with Gasteiger partial charge in [-0.05, 0) is 44.4 Å². The third-order valence-corrected chi connectivity index (χ3v) is 5.20. The lowest BCUT2D eigenvalue weighted by Gasteiger charge is -2.21. The predicted octanol–water partition coefficient (Wildman–Crippen LogP) is 2.71. The highest BCUT2D eigenvalue weighted by atomic mass is 127. The van der Waals surface area contributed by atoms with Gasteiger partial charge in [-0.15, -0.1) is 24.0 Å². The zero-order chi connectivity index (χ0) is 21.0. The van der Waals surface area contributed by atoms with Crippen molar-refractivity contribution in [3.8, 4) is 5.82 Å². The van der Waals surface area contributed by atoms with Gasteiger partial charge in [0.15, 0.2) is 11.8 Å². The first kappa shape index (κ1) is 24.1. The first-order valence-electron chi connectivity index (χ1n) is 10.0. The molecule has 0 bridgehead atoms. The molecule has 1 fully saturated rings. The molecule has 2 atom stereocenters. The molecule has 2 unspecified atom stereocenters. The van der Waals surface area contributed by atoms with Crippen LogP contribution in [0.5, 0.6) is 0 Å². The van der Waals surface area contributed by atoms with Crippen LogP contribution in [0.15, 0.2) is 29.4 Å². The molecule has 164 valence electrons. The number of aromatic nitrogens is 3. The van der Waals surface area contributed by atoms with E-state index < -0.39 is 0 Å². The van der Waals surface area contributed by atoms with Crippen LogP contribution in [0, 0.1) is 25.7 Å². The second-order valence-electron chi connectivity index (χ2n) is 7.55. The van der Waals surface area contributed by atoms with Crippen molar-refractivity contribution in [2.75, 3.05) is 26.7 Å². The van der Waals surface area contributed by atoms with Crippen molar-refractivity contribution in [2.45, 2.75) is 34.2 Å². The van der Waals surface area contributed by atoms with Gasteiger partial charge in [-0.2, -0.15) is 5.10 Å². The van der Waals surface area contributed by atoms with Crippen LogP contribution in [-0.4, -0.2) is 58.3 Å². The van der Waals surface area contributed by atoms with E-state index >= 15 is 0 Å². The summed E-state index contributed by atoms with van der Waals surface area (Å²) in [6.07, 6.45) is 1.84. The third-order valence-electron chi connectivity index (χ3n) is 5.20. The van der Waals surface area contributed by atoms with Crippen molar-refractivity contribution >= 4 is 35.9 Å². The molecule has 3 heterocycles. The molecule has 1 saturated heterocycles. The van der Waals surface area contributed by atoms with Crippen LogP contribution in [0.4, 0.5) is 0 Å². The van der Waals surface area contributed by atoms with Crippen LogP contribution in [0.1, 0.15) is 30.8 Å². The summed E-state index contributed by atoms with van der Waals surface area (Å²) in [5, 5.41) is 7.80. The number of nitrogens with zero attached hydrogens (tertiary/aromatic N) is 5. The Bertz CT molecular complexity index is 880. The SMILES string of the molecule is CCNC(=NCc1ccc(-n2nc(C)cc2C)nc1)N1CC(C)C(C(=O)OC)C1.I. The van der Waals surface area contributed by atoms with Gasteiger partial charge in [0.1, 0.15) is 0 Å². The van der Waals surface area contributed by atoms with E-state index in [1.807, 2.05) is 49.8 Å². The normalized spacial score (nSPS) is 18.8. The average molecular weight is 526 g/mol. The Morgan fingerprint density at radius 3 is 2.67 bits per heavy atom. The van der Waals surface area contributed by atoms with Crippen molar-refractivity contribution in [3.05, 3.63) is 41.3 Å². The summed E-state index contributed by atoms with van der Waals surface area (Å²) in [5.41, 5.74) is 3.04. The molecule has 3 rings (SSSR count). The number of rotatable bonds is 5. The van der Waals surface area contributed by atoms with E-state index in [9.17, 15) is 4.79 Å². The summed E-state index contributed by atoms with van der Waals surface area (Å²) in [7, 11) is 1.44. The van der Waals surface area contributed by atoms with Gasteiger partial charge < -0.3 is 15.0 Å². The number of guanidine groups is 1. The predicted molar refractivity (Wildman–Crippen MR) is 127 cm³/mol. The van der Waals surface area contributed by atoms with Crippen LogP contribution in [0.3, 0.4) is 0 Å². The van der Waals surface area contributed by atoms with E-state index in [1.54, 1.807) is 0 Å². The quantitative estimate of drug-likeness (QED) is 0.279. The number of carbonyl (C=O) groups is 1. The molecule has 1 aliphatic heterocycles. The Morgan fingerprint density at radius 1 is 1.33 bits per heavy atom. The van der Waals surface area contributed by atoms with Crippen molar-refractivity contribution < 1.29 is 9.53 Å². The zero-order valence-electron chi connectivity index (χ0n) is 18.3. The smallest absolute Gasteiger partial charge is 0.310 e. The summed E-state index contributed by atoms with van der Waals surface area (Å²) in [6, 6.07) is 6.01. The van der Waals surface area contributed by atoms with Gasteiger partial charge in [-0.25, -0.2) is 14.7 Å². The van der Waals surface area contributed by atoms with Gasteiger partial charge in [-0.1, -0.05) is 13.0 Å². The van der Waals surface area contributed by atoms with Crippen LogP contribution in [-0.2, 0) is 16.1 Å². The van der Waals surface area contributed by atoms with E-state index in [4.69, 9.17) is 9.73 Å². The average Bonchev–Trinajstić information content (AvgIpc) is 3.26. The van der Waals surface area contributed by atoms with Gasteiger partial charge in [-0.3, -0.25) is 4.79 Å². The number of hydrogen-bond donors (Lipinski definition) is 1. The number of aryl methyl sites for hydroxylation is 2. The monoisotopic (exact) mass is 526 g/mol. The highest BCUT2D eigenvalue weighted by Crippen LogP contribution is 2.24. The Balaban J connectivity index is 0.00000320. The van der Waals surface area contributed by atoms with E-state index in [0.717, 1.165) is 41.8 Å². The fourth-order valence-corrected chi connectivity index (χ4v) is 3.69. The van der Waals surface area contributed by atoms with E-state index in [1.165, 1.54) is 7.11 Å². The number of methoxy groups -OCH3 is 1. The highest BCUT2D eigenvalue weighted by Gasteiger charge is 2.36. The Morgan fingerprint density at radius 2 is 2.10 bits per heavy atom. The second-order valence-corrected chi connectivity index (χ2v) is 7.55. The number of likely N-dealkylation sites (tertiary alicyclic amines) is 1.